The maximum absolute atomic E-state index is 11.3. The number of carboxylic acid groups (broad SMARTS) is 1. The van der Waals surface area contributed by atoms with Crippen molar-refractivity contribution in [1.29, 1.82) is 0 Å². The minimum Gasteiger partial charge on any atom is -0.480 e. The number of hydrogen-bond donors (Lipinski definition) is 1. The van der Waals surface area contributed by atoms with E-state index in [9.17, 15) is 9.90 Å². The fourth-order valence-electron chi connectivity index (χ4n) is 2.59. The van der Waals surface area contributed by atoms with E-state index in [1.54, 1.807) is 0 Å². The van der Waals surface area contributed by atoms with Crippen molar-refractivity contribution in [2.24, 2.45) is 0 Å². The van der Waals surface area contributed by atoms with E-state index >= 15 is 0 Å². The number of methoxy groups -OCH3 is 1. The maximum atomic E-state index is 11.3. The second-order valence-electron chi connectivity index (χ2n) is 4.52. The van der Waals surface area contributed by atoms with Crippen LogP contribution in [0.4, 0.5) is 0 Å². The summed E-state index contributed by atoms with van der Waals surface area (Å²) < 4.78 is 5.10. The first-order valence-corrected chi connectivity index (χ1v) is 5.92. The van der Waals surface area contributed by atoms with E-state index in [2.05, 4.69) is 4.98 Å². The number of rotatable bonds is 3. The summed E-state index contributed by atoms with van der Waals surface area (Å²) in [7, 11) is 1.46. The van der Waals surface area contributed by atoms with E-state index in [0.717, 1.165) is 24.1 Å². The average molecular weight is 235 g/mol. The predicted molar refractivity (Wildman–Crippen MR) is 63.7 cm³/mol. The molecule has 0 bridgehead atoms. The summed E-state index contributed by atoms with van der Waals surface area (Å²) in [4.78, 5) is 15.5. The van der Waals surface area contributed by atoms with Crippen molar-refractivity contribution < 1.29 is 14.6 Å². The van der Waals surface area contributed by atoms with Crippen LogP contribution in [0.1, 0.15) is 53.2 Å². The Bertz CT molecular complexity index is 437. The third kappa shape index (κ3) is 2.25. The fraction of sp³-hybridized carbons (Fsp3) is 0.538. The number of nitrogens with zero attached hydrogens (tertiary/aromatic N) is 1. The SMILES string of the molecule is COc1nc(C)cc(C2CCCC2)c1C(=O)O. The van der Waals surface area contributed by atoms with Crippen LogP contribution in [0.3, 0.4) is 0 Å². The van der Waals surface area contributed by atoms with Gasteiger partial charge in [-0.3, -0.25) is 0 Å². The number of pyridine rings is 1. The van der Waals surface area contributed by atoms with E-state index in [-0.39, 0.29) is 11.4 Å². The Hall–Kier alpha value is -1.58. The molecule has 1 heterocycles. The van der Waals surface area contributed by atoms with Gasteiger partial charge in [-0.2, -0.15) is 0 Å². The Morgan fingerprint density at radius 2 is 2.12 bits per heavy atom. The molecule has 2 rings (SSSR count). The first-order valence-electron chi connectivity index (χ1n) is 5.92. The zero-order valence-electron chi connectivity index (χ0n) is 10.2. The molecule has 17 heavy (non-hydrogen) atoms. The molecule has 0 aliphatic heterocycles. The van der Waals surface area contributed by atoms with Gasteiger partial charge in [0.15, 0.2) is 0 Å². The van der Waals surface area contributed by atoms with Crippen molar-refractivity contribution in [3.05, 3.63) is 22.9 Å². The largest absolute Gasteiger partial charge is 0.480 e. The van der Waals surface area contributed by atoms with Gasteiger partial charge in [-0.05, 0) is 37.3 Å². The first kappa shape index (κ1) is 11.9. The lowest BCUT2D eigenvalue weighted by Gasteiger charge is -2.15. The molecule has 1 aliphatic carbocycles. The van der Waals surface area contributed by atoms with Crippen molar-refractivity contribution in [2.75, 3.05) is 7.11 Å². The molecule has 1 fully saturated rings. The first-order chi connectivity index (χ1) is 8.13. The molecule has 0 aromatic carbocycles. The van der Waals surface area contributed by atoms with Gasteiger partial charge in [0.1, 0.15) is 5.56 Å². The Morgan fingerprint density at radius 1 is 1.47 bits per heavy atom. The van der Waals surface area contributed by atoms with Crippen LogP contribution in [0.2, 0.25) is 0 Å². The highest BCUT2D eigenvalue weighted by molar-refractivity contribution is 5.92. The molecular formula is C13H17NO3. The van der Waals surface area contributed by atoms with Crippen molar-refractivity contribution >= 4 is 5.97 Å². The van der Waals surface area contributed by atoms with E-state index in [1.807, 2.05) is 13.0 Å². The Kier molecular flexibility index (Phi) is 3.31. The molecule has 4 heteroatoms. The standard InChI is InChI=1S/C13H17NO3/c1-8-7-10(9-5-3-4-6-9)11(13(15)16)12(14-8)17-2/h7,9H,3-6H2,1-2H3,(H,15,16). The van der Waals surface area contributed by atoms with Gasteiger partial charge >= 0.3 is 5.97 Å². The molecule has 1 aliphatic rings. The molecule has 1 aromatic rings. The quantitative estimate of drug-likeness (QED) is 0.875. The molecule has 0 atom stereocenters. The van der Waals surface area contributed by atoms with E-state index < -0.39 is 5.97 Å². The molecule has 4 nitrogen and oxygen atoms in total. The number of carbonyl (C=O) groups is 1. The minimum absolute atomic E-state index is 0.236. The molecule has 92 valence electrons. The van der Waals surface area contributed by atoms with E-state index in [0.29, 0.717) is 5.92 Å². The highest BCUT2D eigenvalue weighted by atomic mass is 16.5. The van der Waals surface area contributed by atoms with Crippen LogP contribution < -0.4 is 4.74 Å². The highest BCUT2D eigenvalue weighted by Gasteiger charge is 2.26. The zero-order chi connectivity index (χ0) is 12.4. The van der Waals surface area contributed by atoms with Gasteiger partial charge in [0.05, 0.1) is 7.11 Å². The number of aromatic carboxylic acids is 1. The Balaban J connectivity index is 2.54. The van der Waals surface area contributed by atoms with E-state index in [1.165, 1.54) is 20.0 Å². The van der Waals surface area contributed by atoms with E-state index in [4.69, 9.17) is 4.74 Å². The van der Waals surface area contributed by atoms with Crippen molar-refractivity contribution in [3.63, 3.8) is 0 Å². The van der Waals surface area contributed by atoms with Gasteiger partial charge in [-0.25, -0.2) is 9.78 Å². The monoisotopic (exact) mass is 235 g/mol. The summed E-state index contributed by atoms with van der Waals surface area (Å²) in [6.07, 6.45) is 4.47. The second-order valence-corrected chi connectivity index (χ2v) is 4.52. The van der Waals surface area contributed by atoms with Crippen LogP contribution in [-0.2, 0) is 0 Å². The maximum Gasteiger partial charge on any atom is 0.341 e. The third-order valence-electron chi connectivity index (χ3n) is 3.35. The van der Waals surface area contributed by atoms with Crippen molar-refractivity contribution in [2.45, 2.75) is 38.5 Å². The number of aromatic nitrogens is 1. The molecule has 1 saturated carbocycles. The van der Waals surface area contributed by atoms with Crippen molar-refractivity contribution in [3.8, 4) is 5.88 Å². The molecule has 1 aromatic heterocycles. The van der Waals surface area contributed by atoms with Gasteiger partial charge in [-0.15, -0.1) is 0 Å². The van der Waals surface area contributed by atoms with Crippen molar-refractivity contribution in [1.82, 2.24) is 4.98 Å². The van der Waals surface area contributed by atoms with Gasteiger partial charge in [0.2, 0.25) is 5.88 Å². The zero-order valence-corrected chi connectivity index (χ0v) is 10.2. The molecule has 0 amide bonds. The van der Waals surface area contributed by atoms with Crippen LogP contribution >= 0.6 is 0 Å². The number of aryl methyl sites for hydroxylation is 1. The van der Waals surface area contributed by atoms with Crippen LogP contribution in [0.25, 0.3) is 0 Å². The summed E-state index contributed by atoms with van der Waals surface area (Å²) in [5.74, 6) is -0.368. The predicted octanol–water partition coefficient (Wildman–Crippen LogP) is 2.75. The highest BCUT2D eigenvalue weighted by Crippen LogP contribution is 2.38. The average Bonchev–Trinajstić information content (AvgIpc) is 2.80. The molecule has 0 radical (unpaired) electrons. The number of hydrogen-bond acceptors (Lipinski definition) is 3. The second kappa shape index (κ2) is 4.73. The number of ether oxygens (including phenoxy) is 1. The molecular weight excluding hydrogens is 218 g/mol. The summed E-state index contributed by atoms with van der Waals surface area (Å²) in [6, 6.07) is 1.89. The smallest absolute Gasteiger partial charge is 0.341 e. The normalized spacial score (nSPS) is 16.1. The Labute approximate surface area is 101 Å². The van der Waals surface area contributed by atoms with Crippen LogP contribution in [-0.4, -0.2) is 23.2 Å². The lowest BCUT2D eigenvalue weighted by molar-refractivity contribution is 0.0690. The lowest BCUT2D eigenvalue weighted by Crippen LogP contribution is -2.10. The fourth-order valence-corrected chi connectivity index (χ4v) is 2.59. The van der Waals surface area contributed by atoms with Gasteiger partial charge in [0.25, 0.3) is 0 Å². The van der Waals surface area contributed by atoms with Crippen LogP contribution in [0.5, 0.6) is 5.88 Å². The molecule has 0 spiro atoms. The number of carboxylic acids is 1. The summed E-state index contributed by atoms with van der Waals surface area (Å²) >= 11 is 0. The summed E-state index contributed by atoms with van der Waals surface area (Å²) in [5, 5.41) is 9.31. The molecule has 1 N–H and O–H groups in total. The van der Waals surface area contributed by atoms with Crippen LogP contribution in [0.15, 0.2) is 6.07 Å². The minimum atomic E-state index is -0.948. The summed E-state index contributed by atoms with van der Waals surface area (Å²) in [6.45, 7) is 1.87. The third-order valence-corrected chi connectivity index (χ3v) is 3.35. The Morgan fingerprint density at radius 3 is 2.65 bits per heavy atom. The van der Waals surface area contributed by atoms with Gasteiger partial charge < -0.3 is 9.84 Å². The topological polar surface area (TPSA) is 59.4 Å². The van der Waals surface area contributed by atoms with Gasteiger partial charge in [-0.1, -0.05) is 12.8 Å². The molecule has 0 unspecified atom stereocenters. The summed E-state index contributed by atoms with van der Waals surface area (Å²) in [5.41, 5.74) is 1.94. The lowest BCUT2D eigenvalue weighted by atomic mass is 9.93. The van der Waals surface area contributed by atoms with Crippen LogP contribution in [0, 0.1) is 6.92 Å². The van der Waals surface area contributed by atoms with Gasteiger partial charge in [0, 0.05) is 5.69 Å². The molecule has 0 saturated heterocycles.